The molecule has 0 radical (unpaired) electrons. The molecule has 9 heteroatoms. The Kier molecular flexibility index (Phi) is 4.36. The number of benzene rings is 1. The van der Waals surface area contributed by atoms with Crippen molar-refractivity contribution < 1.29 is 26.0 Å². The first-order valence-electron chi connectivity index (χ1n) is 5.94. The summed E-state index contributed by atoms with van der Waals surface area (Å²) in [4.78, 5) is 3.53. The molecular weight excluding hydrogens is 324 g/mol. The Balaban J connectivity index is 2.19. The van der Waals surface area contributed by atoms with Crippen LogP contribution in [0.15, 0.2) is 42.6 Å². The minimum atomic E-state index is -4.61. The number of rotatable bonds is 4. The number of hydrogen-bond donors (Lipinski definition) is 1. The smallest absolute Gasteiger partial charge is 0.267 e. The quantitative estimate of drug-likeness (QED) is 0.874. The molecule has 22 heavy (non-hydrogen) atoms. The molecule has 2 aromatic rings. The first-order chi connectivity index (χ1) is 10.2. The van der Waals surface area contributed by atoms with Crippen LogP contribution in [-0.4, -0.2) is 13.4 Å². The van der Waals surface area contributed by atoms with E-state index in [1.54, 1.807) is 0 Å². The number of nitrogens with zero attached hydrogens (tertiary/aromatic N) is 1. The van der Waals surface area contributed by atoms with E-state index in [-0.39, 0.29) is 5.56 Å². The Labute approximate surface area is 123 Å². The third-order valence-corrected chi connectivity index (χ3v) is 3.83. The van der Waals surface area contributed by atoms with Gasteiger partial charge in [0.2, 0.25) is 10.0 Å². The van der Waals surface area contributed by atoms with Crippen LogP contribution >= 0.6 is 0 Å². The van der Waals surface area contributed by atoms with Crippen LogP contribution in [0.25, 0.3) is 0 Å². The Morgan fingerprint density at radius 1 is 1.14 bits per heavy atom. The second-order valence-corrected chi connectivity index (χ2v) is 6.14. The summed E-state index contributed by atoms with van der Waals surface area (Å²) in [5.41, 5.74) is -0.856. The summed E-state index contributed by atoms with van der Waals surface area (Å²) < 4.78 is 76.3. The number of anilines is 1. The van der Waals surface area contributed by atoms with Gasteiger partial charge in [-0.2, -0.15) is 13.2 Å². The number of halogens is 4. The molecule has 1 aromatic carbocycles. The number of hydrogen-bond acceptors (Lipinski definition) is 3. The zero-order chi connectivity index (χ0) is 16.4. The standard InChI is InChI=1S/C13H10F4N2O2S/c14-11-3-1-2-9(6-11)8-22(20,21)19-12-7-10(4-5-18-12)13(15,16)17/h1-7H,8H2,(H,18,19). The van der Waals surface area contributed by atoms with Gasteiger partial charge < -0.3 is 0 Å². The minimum absolute atomic E-state index is 0.166. The van der Waals surface area contributed by atoms with E-state index < -0.39 is 39.2 Å². The lowest BCUT2D eigenvalue weighted by Crippen LogP contribution is -2.17. The number of alkyl halides is 3. The van der Waals surface area contributed by atoms with Crippen molar-refractivity contribution >= 4 is 15.8 Å². The number of aromatic nitrogens is 1. The van der Waals surface area contributed by atoms with Crippen molar-refractivity contribution in [1.82, 2.24) is 4.98 Å². The van der Waals surface area contributed by atoms with Crippen LogP contribution in [0.5, 0.6) is 0 Å². The highest BCUT2D eigenvalue weighted by Crippen LogP contribution is 2.30. The van der Waals surface area contributed by atoms with Gasteiger partial charge in [-0.3, -0.25) is 4.72 Å². The third kappa shape index (κ3) is 4.42. The maximum atomic E-state index is 13.0. The topological polar surface area (TPSA) is 59.1 Å². The van der Waals surface area contributed by atoms with Gasteiger partial charge in [0, 0.05) is 6.20 Å². The molecule has 1 N–H and O–H groups in total. The van der Waals surface area contributed by atoms with Crippen LogP contribution < -0.4 is 4.72 Å². The lowest BCUT2D eigenvalue weighted by atomic mass is 10.2. The summed E-state index contributed by atoms with van der Waals surface area (Å²) in [5.74, 6) is -1.64. The molecule has 1 aromatic heterocycles. The molecule has 0 aliphatic carbocycles. The average Bonchev–Trinajstić information content (AvgIpc) is 2.36. The second kappa shape index (κ2) is 5.91. The maximum Gasteiger partial charge on any atom is 0.416 e. The van der Waals surface area contributed by atoms with Crippen LogP contribution in [0.2, 0.25) is 0 Å². The molecule has 0 amide bonds. The van der Waals surface area contributed by atoms with E-state index in [1.165, 1.54) is 12.1 Å². The molecule has 0 bridgehead atoms. The highest BCUT2D eigenvalue weighted by atomic mass is 32.2. The van der Waals surface area contributed by atoms with Crippen molar-refractivity contribution in [2.24, 2.45) is 0 Å². The predicted molar refractivity (Wildman–Crippen MR) is 71.9 cm³/mol. The summed E-state index contributed by atoms with van der Waals surface area (Å²) in [6.07, 6.45) is -3.76. The number of nitrogens with one attached hydrogen (secondary N) is 1. The van der Waals surface area contributed by atoms with Crippen LogP contribution in [-0.2, 0) is 22.0 Å². The molecular formula is C13H10F4N2O2S. The zero-order valence-corrected chi connectivity index (χ0v) is 11.7. The van der Waals surface area contributed by atoms with E-state index in [0.29, 0.717) is 6.07 Å². The molecule has 0 unspecified atom stereocenters. The predicted octanol–water partition coefficient (Wildman–Crippen LogP) is 3.18. The van der Waals surface area contributed by atoms with Crippen LogP contribution in [0.4, 0.5) is 23.4 Å². The van der Waals surface area contributed by atoms with Gasteiger partial charge in [-0.25, -0.2) is 17.8 Å². The highest BCUT2D eigenvalue weighted by Gasteiger charge is 2.31. The zero-order valence-electron chi connectivity index (χ0n) is 10.9. The summed E-state index contributed by atoms with van der Waals surface area (Å²) in [5, 5.41) is 0. The van der Waals surface area contributed by atoms with E-state index in [9.17, 15) is 26.0 Å². The van der Waals surface area contributed by atoms with Gasteiger partial charge in [0.15, 0.2) is 0 Å². The SMILES string of the molecule is O=S(=O)(Cc1cccc(F)c1)Nc1cc(C(F)(F)F)ccn1. The first kappa shape index (κ1) is 16.2. The maximum absolute atomic E-state index is 13.0. The Hall–Kier alpha value is -2.16. The van der Waals surface area contributed by atoms with E-state index in [0.717, 1.165) is 24.4 Å². The molecule has 0 atom stereocenters. The average molecular weight is 334 g/mol. The summed E-state index contributed by atoms with van der Waals surface area (Å²) in [6.45, 7) is 0. The molecule has 0 aliphatic rings. The Bertz CT molecular complexity index is 776. The van der Waals surface area contributed by atoms with Crippen molar-refractivity contribution in [3.8, 4) is 0 Å². The van der Waals surface area contributed by atoms with Gasteiger partial charge in [-0.05, 0) is 29.8 Å². The summed E-state index contributed by atoms with van der Waals surface area (Å²) in [6, 6.07) is 6.22. The van der Waals surface area contributed by atoms with E-state index in [1.807, 2.05) is 4.72 Å². The van der Waals surface area contributed by atoms with Gasteiger partial charge in [-0.15, -0.1) is 0 Å². The lowest BCUT2D eigenvalue weighted by molar-refractivity contribution is -0.137. The second-order valence-electron chi connectivity index (χ2n) is 4.42. The molecule has 0 saturated heterocycles. The van der Waals surface area contributed by atoms with Crippen molar-refractivity contribution in [3.05, 3.63) is 59.5 Å². The molecule has 1 heterocycles. The summed E-state index contributed by atoms with van der Waals surface area (Å²) in [7, 11) is -4.01. The highest BCUT2D eigenvalue weighted by molar-refractivity contribution is 7.91. The van der Waals surface area contributed by atoms with Crippen molar-refractivity contribution in [1.29, 1.82) is 0 Å². The van der Waals surface area contributed by atoms with Crippen LogP contribution in [0, 0.1) is 5.82 Å². The third-order valence-electron chi connectivity index (χ3n) is 2.59. The molecule has 0 fully saturated rings. The van der Waals surface area contributed by atoms with Crippen LogP contribution in [0.3, 0.4) is 0 Å². The van der Waals surface area contributed by atoms with E-state index in [2.05, 4.69) is 4.98 Å². The van der Waals surface area contributed by atoms with Crippen molar-refractivity contribution in [2.45, 2.75) is 11.9 Å². The van der Waals surface area contributed by atoms with Gasteiger partial charge in [0.25, 0.3) is 0 Å². The molecule has 2 rings (SSSR count). The van der Waals surface area contributed by atoms with Gasteiger partial charge in [0.05, 0.1) is 11.3 Å². The van der Waals surface area contributed by atoms with Gasteiger partial charge in [-0.1, -0.05) is 12.1 Å². The van der Waals surface area contributed by atoms with Crippen molar-refractivity contribution in [2.75, 3.05) is 4.72 Å². The van der Waals surface area contributed by atoms with Crippen molar-refractivity contribution in [3.63, 3.8) is 0 Å². The normalized spacial score (nSPS) is 12.2. The number of pyridine rings is 1. The monoisotopic (exact) mass is 334 g/mol. The fourth-order valence-corrected chi connectivity index (χ4v) is 2.83. The van der Waals surface area contributed by atoms with E-state index >= 15 is 0 Å². The van der Waals surface area contributed by atoms with E-state index in [4.69, 9.17) is 0 Å². The molecule has 118 valence electrons. The van der Waals surface area contributed by atoms with Crippen LogP contribution in [0.1, 0.15) is 11.1 Å². The fourth-order valence-electron chi connectivity index (χ4n) is 1.70. The molecule has 0 aliphatic heterocycles. The largest absolute Gasteiger partial charge is 0.416 e. The Morgan fingerprint density at radius 3 is 2.50 bits per heavy atom. The first-order valence-corrected chi connectivity index (χ1v) is 7.59. The Morgan fingerprint density at radius 2 is 1.86 bits per heavy atom. The molecule has 0 saturated carbocycles. The molecule has 0 spiro atoms. The fraction of sp³-hybridized carbons (Fsp3) is 0.154. The van der Waals surface area contributed by atoms with Gasteiger partial charge >= 0.3 is 6.18 Å². The number of sulfonamides is 1. The lowest BCUT2D eigenvalue weighted by Gasteiger charge is -2.10. The minimum Gasteiger partial charge on any atom is -0.267 e. The molecule has 4 nitrogen and oxygen atoms in total. The summed E-state index contributed by atoms with van der Waals surface area (Å²) >= 11 is 0. The van der Waals surface area contributed by atoms with Gasteiger partial charge in [0.1, 0.15) is 11.6 Å².